The lowest BCUT2D eigenvalue weighted by molar-refractivity contribution is -0.121. The molecule has 2 fully saturated rings. The number of hydrogen-bond acceptors (Lipinski definition) is 8. The van der Waals surface area contributed by atoms with Crippen LogP contribution in [-0.2, 0) is 14.8 Å². The Bertz CT molecular complexity index is 1370. The first kappa shape index (κ1) is 27.2. The number of hydrogen-bond donors (Lipinski definition) is 2. The van der Waals surface area contributed by atoms with E-state index in [0.29, 0.717) is 61.9 Å². The summed E-state index contributed by atoms with van der Waals surface area (Å²) in [5.74, 6) is 0.743. The van der Waals surface area contributed by atoms with Crippen molar-refractivity contribution in [3.05, 3.63) is 66.6 Å². The van der Waals surface area contributed by atoms with Crippen LogP contribution in [0.3, 0.4) is 0 Å². The number of aromatic nitrogens is 2. The largest absolute Gasteiger partial charge is 0.340 e. The van der Waals surface area contributed by atoms with Crippen molar-refractivity contribution in [2.45, 2.75) is 49.5 Å². The molecule has 0 radical (unpaired) electrons. The van der Waals surface area contributed by atoms with Crippen molar-refractivity contribution in [3.8, 4) is 0 Å². The number of anilines is 4. The SMILES string of the molecule is O=C1CCC(N(CCN2CCCC2)S(=O)(=O)c2ccc(Nc3nccc(Nc4ccc(F)cc4)n3)cc2)CC1. The normalized spacial score (nSPS) is 17.0. The van der Waals surface area contributed by atoms with Gasteiger partial charge in [-0.05, 0) is 93.4 Å². The standard InChI is InChI=1S/C28H33FN6O3S/c29-21-3-5-22(6-4-21)31-27-15-16-30-28(33-27)32-23-7-13-26(14-8-23)39(37,38)35(20-19-34-17-1-2-18-34)24-9-11-25(36)12-10-24/h3-8,13-16,24H,1-2,9-12,17-20H2,(H2,30,31,32,33). The third-order valence-corrected chi connectivity index (χ3v) is 9.21. The molecular formula is C28H33FN6O3S. The van der Waals surface area contributed by atoms with E-state index in [1.54, 1.807) is 53.0 Å². The van der Waals surface area contributed by atoms with Gasteiger partial charge in [-0.3, -0.25) is 4.79 Å². The molecule has 1 aliphatic carbocycles. The minimum atomic E-state index is -3.74. The topological polar surface area (TPSA) is 108 Å². The maximum atomic E-state index is 13.8. The van der Waals surface area contributed by atoms with Gasteiger partial charge < -0.3 is 15.5 Å². The average molecular weight is 553 g/mol. The number of ketones is 1. The van der Waals surface area contributed by atoms with Crippen LogP contribution < -0.4 is 10.6 Å². The number of carbonyl (C=O) groups is 1. The fraction of sp³-hybridized carbons (Fsp3) is 0.393. The van der Waals surface area contributed by atoms with Gasteiger partial charge in [0, 0.05) is 49.5 Å². The molecule has 206 valence electrons. The highest BCUT2D eigenvalue weighted by atomic mass is 32.2. The maximum Gasteiger partial charge on any atom is 0.243 e. The summed E-state index contributed by atoms with van der Waals surface area (Å²) in [5, 5.41) is 6.20. The molecule has 0 unspecified atom stereocenters. The van der Waals surface area contributed by atoms with Crippen LogP contribution in [0.25, 0.3) is 0 Å². The Balaban J connectivity index is 1.28. The zero-order chi connectivity index (χ0) is 27.2. The smallest absolute Gasteiger partial charge is 0.243 e. The molecule has 3 aromatic rings. The number of likely N-dealkylation sites (tertiary alicyclic amines) is 1. The average Bonchev–Trinajstić information content (AvgIpc) is 3.45. The van der Waals surface area contributed by atoms with E-state index < -0.39 is 10.0 Å². The van der Waals surface area contributed by atoms with Gasteiger partial charge in [0.1, 0.15) is 17.4 Å². The van der Waals surface area contributed by atoms with Crippen molar-refractivity contribution in [1.29, 1.82) is 0 Å². The van der Waals surface area contributed by atoms with Gasteiger partial charge in [0.15, 0.2) is 0 Å². The molecule has 1 aliphatic heterocycles. The van der Waals surface area contributed by atoms with Crippen LogP contribution >= 0.6 is 0 Å². The third kappa shape index (κ3) is 6.97. The van der Waals surface area contributed by atoms with E-state index in [2.05, 4.69) is 25.5 Å². The number of sulfonamides is 1. The molecule has 0 atom stereocenters. The molecule has 2 heterocycles. The first-order valence-corrected chi connectivity index (χ1v) is 14.8. The zero-order valence-corrected chi connectivity index (χ0v) is 22.5. The van der Waals surface area contributed by atoms with E-state index >= 15 is 0 Å². The summed E-state index contributed by atoms with van der Waals surface area (Å²) in [5.41, 5.74) is 1.33. The Morgan fingerprint density at radius 3 is 2.26 bits per heavy atom. The quantitative estimate of drug-likeness (QED) is 0.373. The Morgan fingerprint density at radius 1 is 0.923 bits per heavy atom. The second kappa shape index (κ2) is 12.2. The number of benzene rings is 2. The number of nitrogens with one attached hydrogen (secondary N) is 2. The minimum Gasteiger partial charge on any atom is -0.340 e. The summed E-state index contributed by atoms with van der Waals surface area (Å²) in [7, 11) is -3.74. The highest BCUT2D eigenvalue weighted by molar-refractivity contribution is 7.89. The monoisotopic (exact) mass is 552 g/mol. The lowest BCUT2D eigenvalue weighted by Gasteiger charge is -2.34. The van der Waals surface area contributed by atoms with Gasteiger partial charge >= 0.3 is 0 Å². The summed E-state index contributed by atoms with van der Waals surface area (Å²) in [6.45, 7) is 3.12. The predicted octanol–water partition coefficient (Wildman–Crippen LogP) is 4.70. The van der Waals surface area contributed by atoms with E-state index in [1.807, 2.05) is 0 Å². The van der Waals surface area contributed by atoms with Gasteiger partial charge in [0.2, 0.25) is 16.0 Å². The lowest BCUT2D eigenvalue weighted by atomic mass is 9.94. The number of rotatable bonds is 10. The Kier molecular flexibility index (Phi) is 8.49. The van der Waals surface area contributed by atoms with E-state index in [1.165, 1.54) is 12.1 Å². The first-order valence-electron chi connectivity index (χ1n) is 13.4. The first-order chi connectivity index (χ1) is 18.9. The number of halogens is 1. The molecule has 11 heteroatoms. The molecule has 0 amide bonds. The van der Waals surface area contributed by atoms with Crippen LogP contribution in [0.4, 0.5) is 27.5 Å². The van der Waals surface area contributed by atoms with Gasteiger partial charge in [-0.25, -0.2) is 17.8 Å². The van der Waals surface area contributed by atoms with Gasteiger partial charge in [-0.2, -0.15) is 9.29 Å². The van der Waals surface area contributed by atoms with Gasteiger partial charge in [-0.15, -0.1) is 0 Å². The molecule has 0 spiro atoms. The summed E-state index contributed by atoms with van der Waals surface area (Å²) in [6, 6.07) is 14.0. The molecule has 2 N–H and O–H groups in total. The second-order valence-electron chi connectivity index (χ2n) is 9.98. The third-order valence-electron chi connectivity index (χ3n) is 7.24. The van der Waals surface area contributed by atoms with Gasteiger partial charge in [0.25, 0.3) is 0 Å². The van der Waals surface area contributed by atoms with Crippen LogP contribution in [0.1, 0.15) is 38.5 Å². The number of nitrogens with zero attached hydrogens (tertiary/aromatic N) is 4. The van der Waals surface area contributed by atoms with Crippen molar-refractivity contribution < 1.29 is 17.6 Å². The molecule has 2 aromatic carbocycles. The number of carbonyl (C=O) groups excluding carboxylic acids is 1. The van der Waals surface area contributed by atoms with Crippen LogP contribution in [0.2, 0.25) is 0 Å². The highest BCUT2D eigenvalue weighted by Gasteiger charge is 2.34. The minimum absolute atomic E-state index is 0.169. The summed E-state index contributed by atoms with van der Waals surface area (Å²) in [4.78, 5) is 23.0. The molecule has 9 nitrogen and oxygen atoms in total. The summed E-state index contributed by atoms with van der Waals surface area (Å²) < 4.78 is 42.3. The lowest BCUT2D eigenvalue weighted by Crippen LogP contribution is -2.45. The highest BCUT2D eigenvalue weighted by Crippen LogP contribution is 2.28. The van der Waals surface area contributed by atoms with E-state index in [-0.39, 0.29) is 22.5 Å². The van der Waals surface area contributed by atoms with Crippen LogP contribution in [0, 0.1) is 5.82 Å². The molecule has 2 aliphatic rings. The van der Waals surface area contributed by atoms with Crippen molar-refractivity contribution in [2.75, 3.05) is 36.8 Å². The van der Waals surface area contributed by atoms with Crippen molar-refractivity contribution >= 4 is 38.9 Å². The molecule has 39 heavy (non-hydrogen) atoms. The van der Waals surface area contributed by atoms with Gasteiger partial charge in [0.05, 0.1) is 4.90 Å². The zero-order valence-electron chi connectivity index (χ0n) is 21.7. The predicted molar refractivity (Wildman–Crippen MR) is 148 cm³/mol. The maximum absolute atomic E-state index is 13.8. The fourth-order valence-corrected chi connectivity index (χ4v) is 6.78. The fourth-order valence-electron chi connectivity index (χ4n) is 5.10. The molecular weight excluding hydrogens is 519 g/mol. The van der Waals surface area contributed by atoms with Crippen molar-refractivity contribution in [3.63, 3.8) is 0 Å². The number of Topliss-reactive ketones (excluding diaryl/α,β-unsaturated/α-hetero) is 1. The Morgan fingerprint density at radius 2 is 1.56 bits per heavy atom. The molecule has 1 saturated carbocycles. The van der Waals surface area contributed by atoms with Crippen LogP contribution in [-0.4, -0.2) is 65.6 Å². The van der Waals surface area contributed by atoms with Crippen molar-refractivity contribution in [1.82, 2.24) is 19.2 Å². The summed E-state index contributed by atoms with van der Waals surface area (Å²) >= 11 is 0. The van der Waals surface area contributed by atoms with E-state index in [0.717, 1.165) is 25.9 Å². The van der Waals surface area contributed by atoms with Crippen LogP contribution in [0.15, 0.2) is 65.7 Å². The van der Waals surface area contributed by atoms with E-state index in [9.17, 15) is 17.6 Å². The summed E-state index contributed by atoms with van der Waals surface area (Å²) in [6.07, 6.45) is 5.88. The van der Waals surface area contributed by atoms with Gasteiger partial charge in [-0.1, -0.05) is 0 Å². The molecule has 5 rings (SSSR count). The van der Waals surface area contributed by atoms with E-state index in [4.69, 9.17) is 0 Å². The molecule has 0 bridgehead atoms. The van der Waals surface area contributed by atoms with Crippen LogP contribution in [0.5, 0.6) is 0 Å². The Labute approximate surface area is 228 Å². The molecule has 1 aromatic heterocycles. The van der Waals surface area contributed by atoms with Crippen molar-refractivity contribution in [2.24, 2.45) is 0 Å². The Hall–Kier alpha value is -3.41. The molecule has 1 saturated heterocycles. The second-order valence-corrected chi connectivity index (χ2v) is 11.9.